The van der Waals surface area contributed by atoms with Crippen LogP contribution in [0.5, 0.6) is 11.5 Å². The SMILES string of the molecule is CCOc1cc(OCC)cc(-c2cc(COC(C)(C)C(C)=O)nn2-c2cccc3cnn(C)c23)c1. The lowest BCUT2D eigenvalue weighted by molar-refractivity contribution is -0.139. The summed E-state index contributed by atoms with van der Waals surface area (Å²) in [4.78, 5) is 12.0. The molecular weight excluding hydrogens is 444 g/mol. The highest BCUT2D eigenvalue weighted by Crippen LogP contribution is 2.34. The lowest BCUT2D eigenvalue weighted by Crippen LogP contribution is -2.32. The quantitative estimate of drug-likeness (QED) is 0.317. The van der Waals surface area contributed by atoms with Gasteiger partial charge in [0.05, 0.1) is 48.6 Å². The zero-order chi connectivity index (χ0) is 25.2. The molecule has 35 heavy (non-hydrogen) atoms. The van der Waals surface area contributed by atoms with E-state index in [9.17, 15) is 4.79 Å². The number of aromatic nitrogens is 4. The highest BCUT2D eigenvalue weighted by atomic mass is 16.5. The molecule has 0 saturated heterocycles. The van der Waals surface area contributed by atoms with Crippen LogP contribution >= 0.6 is 0 Å². The van der Waals surface area contributed by atoms with Crippen molar-refractivity contribution < 1.29 is 19.0 Å². The number of ketones is 1. The molecule has 0 bridgehead atoms. The third kappa shape index (κ3) is 5.07. The molecule has 0 amide bonds. The number of ether oxygens (including phenoxy) is 3. The van der Waals surface area contributed by atoms with E-state index in [1.807, 2.05) is 78.9 Å². The summed E-state index contributed by atoms with van der Waals surface area (Å²) < 4.78 is 21.3. The minimum atomic E-state index is -0.900. The second-order valence-electron chi connectivity index (χ2n) is 8.83. The molecule has 2 heterocycles. The van der Waals surface area contributed by atoms with Crippen LogP contribution in [0.2, 0.25) is 0 Å². The summed E-state index contributed by atoms with van der Waals surface area (Å²) in [6, 6.07) is 13.9. The highest BCUT2D eigenvalue weighted by molar-refractivity contribution is 5.87. The number of para-hydroxylation sites is 1. The molecule has 0 aliphatic rings. The van der Waals surface area contributed by atoms with E-state index in [4.69, 9.17) is 19.3 Å². The number of rotatable bonds is 10. The largest absolute Gasteiger partial charge is 0.494 e. The van der Waals surface area contributed by atoms with Crippen molar-refractivity contribution in [1.29, 1.82) is 0 Å². The Balaban J connectivity index is 1.88. The summed E-state index contributed by atoms with van der Waals surface area (Å²) in [6.45, 7) is 10.2. The monoisotopic (exact) mass is 476 g/mol. The van der Waals surface area contributed by atoms with Gasteiger partial charge in [-0.2, -0.15) is 10.2 Å². The van der Waals surface area contributed by atoms with Crippen molar-refractivity contribution in [1.82, 2.24) is 19.6 Å². The van der Waals surface area contributed by atoms with Gasteiger partial charge in [0.15, 0.2) is 5.78 Å². The Kier molecular flexibility index (Phi) is 6.93. The van der Waals surface area contributed by atoms with Crippen molar-refractivity contribution in [2.45, 2.75) is 46.8 Å². The molecule has 0 unspecified atom stereocenters. The van der Waals surface area contributed by atoms with Gasteiger partial charge in [-0.1, -0.05) is 12.1 Å². The Morgan fingerprint density at radius 2 is 1.71 bits per heavy atom. The molecule has 0 saturated carbocycles. The number of aryl methyl sites for hydroxylation is 1. The average Bonchev–Trinajstić information content (AvgIpc) is 3.42. The summed E-state index contributed by atoms with van der Waals surface area (Å²) in [5.74, 6) is 1.40. The second-order valence-corrected chi connectivity index (χ2v) is 8.83. The molecule has 8 nitrogen and oxygen atoms in total. The Morgan fingerprint density at radius 1 is 1.03 bits per heavy atom. The van der Waals surface area contributed by atoms with Crippen molar-refractivity contribution in [3.63, 3.8) is 0 Å². The molecule has 0 aliphatic heterocycles. The highest BCUT2D eigenvalue weighted by Gasteiger charge is 2.25. The van der Waals surface area contributed by atoms with Crippen LogP contribution in [0.3, 0.4) is 0 Å². The van der Waals surface area contributed by atoms with Crippen molar-refractivity contribution >= 4 is 16.7 Å². The molecule has 2 aromatic heterocycles. The van der Waals surface area contributed by atoms with Crippen molar-refractivity contribution in [2.24, 2.45) is 7.05 Å². The number of carbonyl (C=O) groups excluding carboxylic acids is 1. The van der Waals surface area contributed by atoms with E-state index in [0.717, 1.165) is 39.3 Å². The van der Waals surface area contributed by atoms with E-state index in [1.165, 1.54) is 6.92 Å². The molecule has 0 spiro atoms. The number of hydrogen-bond acceptors (Lipinski definition) is 6. The topological polar surface area (TPSA) is 80.4 Å². The summed E-state index contributed by atoms with van der Waals surface area (Å²) in [5, 5.41) is 10.3. The minimum absolute atomic E-state index is 0.0393. The van der Waals surface area contributed by atoms with Gasteiger partial charge in [0.2, 0.25) is 0 Å². The van der Waals surface area contributed by atoms with Crippen LogP contribution in [0.1, 0.15) is 40.3 Å². The van der Waals surface area contributed by atoms with Gasteiger partial charge in [0.25, 0.3) is 0 Å². The number of Topliss-reactive ketones (excluding diaryl/α,β-unsaturated/α-hetero) is 1. The second kappa shape index (κ2) is 9.92. The molecule has 4 rings (SSSR count). The van der Waals surface area contributed by atoms with Gasteiger partial charge in [0.1, 0.15) is 17.1 Å². The fourth-order valence-electron chi connectivity index (χ4n) is 3.85. The predicted molar refractivity (Wildman–Crippen MR) is 135 cm³/mol. The van der Waals surface area contributed by atoms with Gasteiger partial charge in [-0.05, 0) is 58.9 Å². The molecule has 184 valence electrons. The molecule has 0 fully saturated rings. The maximum atomic E-state index is 12.0. The lowest BCUT2D eigenvalue weighted by Gasteiger charge is -2.21. The maximum Gasteiger partial charge on any atom is 0.161 e. The standard InChI is InChI=1S/C27H32N4O4/c1-7-33-22-12-20(13-23(15-22)34-8-2)25-14-21(17-35-27(4,5)18(3)32)29-31(25)24-11-9-10-19-16-28-30(6)26(19)24/h9-16H,7-8,17H2,1-6H3. The minimum Gasteiger partial charge on any atom is -0.494 e. The fourth-order valence-corrected chi connectivity index (χ4v) is 3.85. The third-order valence-electron chi connectivity index (χ3n) is 5.95. The summed E-state index contributed by atoms with van der Waals surface area (Å²) in [5.41, 5.74) is 3.38. The smallest absolute Gasteiger partial charge is 0.161 e. The number of hydrogen-bond donors (Lipinski definition) is 0. The summed E-state index contributed by atoms with van der Waals surface area (Å²) in [6.07, 6.45) is 1.84. The van der Waals surface area contributed by atoms with Crippen LogP contribution in [0.4, 0.5) is 0 Å². The molecule has 2 aromatic carbocycles. The Bertz CT molecular complexity index is 1330. The zero-order valence-electron chi connectivity index (χ0n) is 21.2. The van der Waals surface area contributed by atoms with E-state index in [2.05, 4.69) is 5.10 Å². The molecule has 0 aliphatic carbocycles. The number of carbonyl (C=O) groups is 1. The zero-order valence-corrected chi connectivity index (χ0v) is 21.2. The average molecular weight is 477 g/mol. The molecule has 8 heteroatoms. The van der Waals surface area contributed by atoms with E-state index in [-0.39, 0.29) is 12.4 Å². The van der Waals surface area contributed by atoms with Gasteiger partial charge < -0.3 is 14.2 Å². The van der Waals surface area contributed by atoms with Crippen LogP contribution in [0.25, 0.3) is 27.8 Å². The Labute approximate surface area is 205 Å². The van der Waals surface area contributed by atoms with Crippen LogP contribution in [-0.2, 0) is 23.2 Å². The molecule has 4 aromatic rings. The van der Waals surface area contributed by atoms with Crippen molar-refractivity contribution in [3.05, 3.63) is 54.4 Å². The Morgan fingerprint density at radius 3 is 2.34 bits per heavy atom. The molecule has 0 N–H and O–H groups in total. The Hall–Kier alpha value is -3.65. The van der Waals surface area contributed by atoms with E-state index < -0.39 is 5.60 Å². The predicted octanol–water partition coefficient (Wildman–Crippen LogP) is 5.11. The van der Waals surface area contributed by atoms with E-state index in [0.29, 0.717) is 18.9 Å². The summed E-state index contributed by atoms with van der Waals surface area (Å²) in [7, 11) is 1.91. The first-order chi connectivity index (χ1) is 16.7. The molecule has 0 atom stereocenters. The van der Waals surface area contributed by atoms with Crippen LogP contribution < -0.4 is 9.47 Å². The molecular formula is C27H32N4O4. The first kappa shape index (κ1) is 24.5. The number of benzene rings is 2. The van der Waals surface area contributed by atoms with E-state index in [1.54, 1.807) is 13.8 Å². The first-order valence-electron chi connectivity index (χ1n) is 11.8. The molecule has 0 radical (unpaired) electrons. The number of nitrogens with zero attached hydrogens (tertiary/aromatic N) is 4. The van der Waals surface area contributed by atoms with E-state index >= 15 is 0 Å². The van der Waals surface area contributed by atoms with Gasteiger partial charge >= 0.3 is 0 Å². The first-order valence-corrected chi connectivity index (χ1v) is 11.8. The normalized spacial score (nSPS) is 11.7. The maximum absolute atomic E-state index is 12.0. The van der Waals surface area contributed by atoms with Gasteiger partial charge in [-0.3, -0.25) is 9.48 Å². The van der Waals surface area contributed by atoms with Gasteiger partial charge in [-0.25, -0.2) is 4.68 Å². The number of fused-ring (bicyclic) bond motifs is 1. The van der Waals surface area contributed by atoms with Gasteiger partial charge in [-0.15, -0.1) is 0 Å². The van der Waals surface area contributed by atoms with Gasteiger partial charge in [0, 0.05) is 24.1 Å². The third-order valence-corrected chi connectivity index (χ3v) is 5.95. The van der Waals surface area contributed by atoms with Crippen LogP contribution in [0.15, 0.2) is 48.7 Å². The lowest BCUT2D eigenvalue weighted by atomic mass is 10.1. The van der Waals surface area contributed by atoms with Crippen LogP contribution in [0, 0.1) is 0 Å². The summed E-state index contributed by atoms with van der Waals surface area (Å²) >= 11 is 0. The van der Waals surface area contributed by atoms with Crippen molar-refractivity contribution in [2.75, 3.05) is 13.2 Å². The fraction of sp³-hybridized carbons (Fsp3) is 0.370. The van der Waals surface area contributed by atoms with Crippen LogP contribution in [-0.4, -0.2) is 44.2 Å². The van der Waals surface area contributed by atoms with Crippen molar-refractivity contribution in [3.8, 4) is 28.4 Å².